The van der Waals surface area contributed by atoms with E-state index in [1.165, 1.54) is 0 Å². The van der Waals surface area contributed by atoms with Gasteiger partial charge >= 0.3 is 0 Å². The lowest BCUT2D eigenvalue weighted by molar-refractivity contribution is 0.844. The summed E-state index contributed by atoms with van der Waals surface area (Å²) in [4.78, 5) is 8.73. The number of aliphatic imine (C=N–C) groups is 1. The van der Waals surface area contributed by atoms with Crippen molar-refractivity contribution in [3.63, 3.8) is 0 Å². The highest BCUT2D eigenvalue weighted by atomic mass is 79.9. The van der Waals surface area contributed by atoms with E-state index < -0.39 is 6.04 Å². The third kappa shape index (κ3) is 2.93. The molecule has 0 amide bonds. The van der Waals surface area contributed by atoms with Gasteiger partial charge in [-0.05, 0) is 30.2 Å². The molecule has 1 aromatic carbocycles. The molecule has 1 aliphatic heterocycles. The first-order chi connectivity index (χ1) is 11.9. The monoisotopic (exact) mass is 396 g/mol. The predicted molar refractivity (Wildman–Crippen MR) is 98.3 cm³/mol. The van der Waals surface area contributed by atoms with E-state index in [0.717, 1.165) is 15.6 Å². The number of aryl methyl sites for hydroxylation is 1. The molecule has 9 heteroatoms. The molecule has 0 saturated heterocycles. The molecule has 6 N–H and O–H groups in total. The van der Waals surface area contributed by atoms with Crippen LogP contribution in [-0.4, -0.2) is 10.9 Å². The summed E-state index contributed by atoms with van der Waals surface area (Å²) in [6, 6.07) is 7.27. The number of nitrogens with two attached hydrogens (primary N) is 2. The maximum atomic E-state index is 9.31. The largest absolute Gasteiger partial charge is 0.397 e. The molecule has 2 aromatic rings. The Kier molecular flexibility index (Phi) is 4.17. The van der Waals surface area contributed by atoms with Gasteiger partial charge in [0.25, 0.3) is 0 Å². The third-order valence-corrected chi connectivity index (χ3v) is 4.20. The number of benzene rings is 1. The minimum absolute atomic E-state index is 0.0219. The second-order valence-electron chi connectivity index (χ2n) is 5.46. The smallest absolute Gasteiger partial charge is 0.211 e. The second-order valence-corrected chi connectivity index (χ2v) is 6.38. The highest BCUT2D eigenvalue weighted by molar-refractivity contribution is 9.10. The van der Waals surface area contributed by atoms with Crippen LogP contribution in [0.1, 0.15) is 28.3 Å². The minimum atomic E-state index is -0.538. The number of hydrogen-bond donors (Lipinski definition) is 4. The molecular weight excluding hydrogens is 384 g/mol. The van der Waals surface area contributed by atoms with Crippen molar-refractivity contribution in [1.82, 2.24) is 10.3 Å². The van der Waals surface area contributed by atoms with Crippen molar-refractivity contribution in [3.05, 3.63) is 44.9 Å². The number of anilines is 3. The van der Waals surface area contributed by atoms with Crippen LogP contribution in [0.2, 0.25) is 0 Å². The quantitative estimate of drug-likeness (QED) is 0.425. The lowest BCUT2D eigenvalue weighted by atomic mass is 9.94. The Labute approximate surface area is 152 Å². The van der Waals surface area contributed by atoms with Gasteiger partial charge in [-0.15, -0.1) is 0 Å². The van der Waals surface area contributed by atoms with Crippen molar-refractivity contribution in [2.24, 2.45) is 4.99 Å². The van der Waals surface area contributed by atoms with Crippen molar-refractivity contribution in [2.45, 2.75) is 13.0 Å². The van der Waals surface area contributed by atoms with Crippen LogP contribution in [0.5, 0.6) is 0 Å². The Morgan fingerprint density at radius 1 is 1.28 bits per heavy atom. The number of guanidine groups is 1. The average Bonchev–Trinajstić information content (AvgIpc) is 2.53. The van der Waals surface area contributed by atoms with E-state index in [2.05, 4.69) is 36.5 Å². The van der Waals surface area contributed by atoms with Crippen molar-refractivity contribution in [1.29, 1.82) is 10.5 Å². The van der Waals surface area contributed by atoms with Gasteiger partial charge in [0.15, 0.2) is 6.19 Å². The number of halogens is 1. The fourth-order valence-corrected chi connectivity index (χ4v) is 3.37. The summed E-state index contributed by atoms with van der Waals surface area (Å²) in [5, 5.41) is 23.6. The number of fused-ring (bicyclic) bond motifs is 1. The maximum absolute atomic E-state index is 9.31. The van der Waals surface area contributed by atoms with Crippen LogP contribution in [0.25, 0.3) is 0 Å². The molecule has 1 aromatic heterocycles. The molecule has 1 aliphatic rings. The summed E-state index contributed by atoms with van der Waals surface area (Å²) in [5.41, 5.74) is 14.8. The normalized spacial score (nSPS) is 15.2. The van der Waals surface area contributed by atoms with Crippen LogP contribution in [0.3, 0.4) is 0 Å². The number of hydrogen-bond acceptors (Lipinski definition) is 8. The van der Waals surface area contributed by atoms with Gasteiger partial charge in [0.2, 0.25) is 5.96 Å². The zero-order valence-corrected chi connectivity index (χ0v) is 14.7. The summed E-state index contributed by atoms with van der Waals surface area (Å²) in [7, 11) is 0. The Hall–Kier alpha value is -3.30. The first-order valence-corrected chi connectivity index (χ1v) is 7.99. The van der Waals surface area contributed by atoms with Gasteiger partial charge in [0.1, 0.15) is 29.3 Å². The molecule has 25 heavy (non-hydrogen) atoms. The van der Waals surface area contributed by atoms with Crippen molar-refractivity contribution in [2.75, 3.05) is 16.8 Å². The summed E-state index contributed by atoms with van der Waals surface area (Å²) in [6.45, 7) is 1.96. The van der Waals surface area contributed by atoms with Gasteiger partial charge in [-0.2, -0.15) is 10.5 Å². The van der Waals surface area contributed by atoms with Crippen LogP contribution in [-0.2, 0) is 0 Å². The zero-order valence-electron chi connectivity index (χ0n) is 13.1. The van der Waals surface area contributed by atoms with Crippen LogP contribution in [0, 0.1) is 29.7 Å². The van der Waals surface area contributed by atoms with Crippen molar-refractivity contribution >= 4 is 39.2 Å². The molecule has 0 bridgehead atoms. The summed E-state index contributed by atoms with van der Waals surface area (Å²) >= 11 is 3.47. The first-order valence-electron chi connectivity index (χ1n) is 7.20. The van der Waals surface area contributed by atoms with E-state index >= 15 is 0 Å². The van der Waals surface area contributed by atoms with Gasteiger partial charge in [0, 0.05) is 10.0 Å². The Morgan fingerprint density at radius 2 is 2.04 bits per heavy atom. The standard InChI is InChI=1S/C16H13BrN8/c1-7-2-8(4-9(17)3-7)13-11-12(20)10(5-18)14(21)24-15(11)25-16(23-13)22-6-19/h2-4,13H,1H3,(H6,20,21,22,23,24,25). The van der Waals surface area contributed by atoms with Crippen LogP contribution < -0.4 is 22.1 Å². The van der Waals surface area contributed by atoms with Gasteiger partial charge < -0.3 is 16.8 Å². The fourth-order valence-electron chi connectivity index (χ4n) is 2.74. The lowest BCUT2D eigenvalue weighted by Crippen LogP contribution is -2.32. The van der Waals surface area contributed by atoms with Crippen molar-refractivity contribution in [3.8, 4) is 12.3 Å². The van der Waals surface area contributed by atoms with E-state index in [1.54, 1.807) is 0 Å². The van der Waals surface area contributed by atoms with Crippen LogP contribution in [0.4, 0.5) is 17.3 Å². The number of nitriles is 2. The van der Waals surface area contributed by atoms with E-state index in [1.807, 2.05) is 37.4 Å². The maximum Gasteiger partial charge on any atom is 0.211 e. The molecule has 0 radical (unpaired) electrons. The number of nitrogens with zero attached hydrogens (tertiary/aromatic N) is 4. The summed E-state index contributed by atoms with van der Waals surface area (Å²) in [5.74, 6) is 0.617. The zero-order chi connectivity index (χ0) is 18.1. The highest BCUT2D eigenvalue weighted by Crippen LogP contribution is 2.41. The van der Waals surface area contributed by atoms with Crippen LogP contribution >= 0.6 is 15.9 Å². The number of rotatable bonds is 1. The summed E-state index contributed by atoms with van der Waals surface area (Å²) < 4.78 is 0.884. The highest BCUT2D eigenvalue weighted by Gasteiger charge is 2.29. The molecule has 3 rings (SSSR count). The molecule has 8 nitrogen and oxygen atoms in total. The van der Waals surface area contributed by atoms with E-state index in [9.17, 15) is 5.26 Å². The first kappa shape index (κ1) is 16.6. The van der Waals surface area contributed by atoms with Gasteiger partial charge in [-0.1, -0.05) is 22.0 Å². The molecule has 0 saturated carbocycles. The molecule has 1 atom stereocenters. The number of nitrogens with one attached hydrogen (secondary N) is 2. The van der Waals surface area contributed by atoms with Crippen LogP contribution in [0.15, 0.2) is 27.7 Å². The minimum Gasteiger partial charge on any atom is -0.397 e. The van der Waals surface area contributed by atoms with Gasteiger partial charge in [-0.25, -0.2) is 9.98 Å². The molecule has 0 aliphatic carbocycles. The van der Waals surface area contributed by atoms with E-state index in [4.69, 9.17) is 16.7 Å². The second kappa shape index (κ2) is 6.30. The lowest BCUT2D eigenvalue weighted by Gasteiger charge is -2.26. The molecule has 1 unspecified atom stereocenters. The summed E-state index contributed by atoms with van der Waals surface area (Å²) in [6.07, 6.45) is 1.82. The van der Waals surface area contributed by atoms with Crippen molar-refractivity contribution < 1.29 is 0 Å². The Morgan fingerprint density at radius 3 is 2.68 bits per heavy atom. The fraction of sp³-hybridized carbons (Fsp3) is 0.125. The van der Waals surface area contributed by atoms with Gasteiger partial charge in [-0.3, -0.25) is 5.32 Å². The third-order valence-electron chi connectivity index (χ3n) is 3.74. The molecular formula is C16H13BrN8. The van der Waals surface area contributed by atoms with E-state index in [-0.39, 0.29) is 23.0 Å². The molecule has 2 heterocycles. The van der Waals surface area contributed by atoms with Gasteiger partial charge in [0.05, 0.1) is 5.69 Å². The number of nitrogen functional groups attached to an aromatic ring is 2. The molecule has 0 spiro atoms. The van der Waals surface area contributed by atoms with E-state index in [0.29, 0.717) is 11.4 Å². The molecule has 124 valence electrons. The number of pyridine rings is 1. The predicted octanol–water partition coefficient (Wildman–Crippen LogP) is 2.13. The Bertz CT molecular complexity index is 963. The Balaban J connectivity index is 2.27. The molecule has 0 fully saturated rings. The SMILES string of the molecule is Cc1cc(Br)cc(C2N=C(NC#N)Nc3nc(N)c(C#N)c(N)c32)c1. The number of aromatic nitrogens is 1. The topological polar surface area (TPSA) is 149 Å². The average molecular weight is 397 g/mol.